The summed E-state index contributed by atoms with van der Waals surface area (Å²) in [6.07, 6.45) is 2.40. The lowest BCUT2D eigenvalue weighted by Gasteiger charge is -2.13. The summed E-state index contributed by atoms with van der Waals surface area (Å²) in [6, 6.07) is -0.534. The standard InChI is InChI=1S/C11H25N5O/c1-8(2)7-9(13)10(17)16-11(14)15-6-4-3-5-12/h8-9H,3-7,12-13H2,1-2H3,(H3,14,15,16,17)/t9-/m0/s1. The highest BCUT2D eigenvalue weighted by Crippen LogP contribution is 2.02. The van der Waals surface area contributed by atoms with E-state index < -0.39 is 6.04 Å². The summed E-state index contributed by atoms with van der Waals surface area (Å²) < 4.78 is 0. The van der Waals surface area contributed by atoms with Crippen molar-refractivity contribution in [1.29, 1.82) is 0 Å². The molecule has 1 atom stereocenters. The van der Waals surface area contributed by atoms with Crippen LogP contribution in [0.2, 0.25) is 0 Å². The Kier molecular flexibility index (Phi) is 8.35. The topological polar surface area (TPSA) is 120 Å². The molecule has 0 aliphatic rings. The molecule has 0 bridgehead atoms. The van der Waals surface area contributed by atoms with Gasteiger partial charge in [-0.3, -0.25) is 15.1 Å². The SMILES string of the molecule is CC(C)C[C@H](N)C(=O)NC(N)=NCCCCN. The predicted molar refractivity (Wildman–Crippen MR) is 70.4 cm³/mol. The van der Waals surface area contributed by atoms with Gasteiger partial charge in [-0.05, 0) is 31.7 Å². The lowest BCUT2D eigenvalue weighted by Crippen LogP contribution is -2.46. The molecule has 0 aliphatic carbocycles. The third kappa shape index (κ3) is 8.65. The van der Waals surface area contributed by atoms with Crippen molar-refractivity contribution in [3.8, 4) is 0 Å². The number of unbranched alkanes of at least 4 members (excludes halogenated alkanes) is 1. The largest absolute Gasteiger partial charge is 0.370 e. The van der Waals surface area contributed by atoms with Crippen LogP contribution in [-0.4, -0.2) is 31.0 Å². The molecule has 0 saturated carbocycles. The fourth-order valence-electron chi connectivity index (χ4n) is 1.33. The van der Waals surface area contributed by atoms with E-state index in [0.717, 1.165) is 12.8 Å². The van der Waals surface area contributed by atoms with Crippen LogP contribution in [0, 0.1) is 5.92 Å². The predicted octanol–water partition coefficient (Wildman–Crippen LogP) is -0.470. The van der Waals surface area contributed by atoms with Gasteiger partial charge in [0, 0.05) is 6.54 Å². The molecule has 0 rings (SSSR count). The van der Waals surface area contributed by atoms with Crippen LogP contribution in [0.4, 0.5) is 0 Å². The van der Waals surface area contributed by atoms with E-state index in [-0.39, 0.29) is 11.9 Å². The van der Waals surface area contributed by atoms with Gasteiger partial charge in [-0.15, -0.1) is 0 Å². The molecule has 6 nitrogen and oxygen atoms in total. The van der Waals surface area contributed by atoms with Crippen LogP contribution in [0.1, 0.15) is 33.1 Å². The van der Waals surface area contributed by atoms with Gasteiger partial charge in [0.2, 0.25) is 5.91 Å². The number of carbonyl (C=O) groups is 1. The zero-order valence-corrected chi connectivity index (χ0v) is 10.8. The quantitative estimate of drug-likeness (QED) is 0.274. The molecular weight excluding hydrogens is 218 g/mol. The van der Waals surface area contributed by atoms with Crippen LogP contribution in [0.5, 0.6) is 0 Å². The molecule has 0 saturated heterocycles. The second kappa shape index (κ2) is 8.95. The van der Waals surface area contributed by atoms with Crippen molar-refractivity contribution in [3.63, 3.8) is 0 Å². The van der Waals surface area contributed by atoms with Crippen LogP contribution in [0.25, 0.3) is 0 Å². The minimum absolute atomic E-state index is 0.131. The normalized spacial score (nSPS) is 13.8. The lowest BCUT2D eigenvalue weighted by molar-refractivity contribution is -0.121. The van der Waals surface area contributed by atoms with Gasteiger partial charge < -0.3 is 17.2 Å². The molecule has 7 N–H and O–H groups in total. The number of rotatable bonds is 7. The van der Waals surface area contributed by atoms with Crippen LogP contribution < -0.4 is 22.5 Å². The summed E-state index contributed by atoms with van der Waals surface area (Å²) in [5.41, 5.74) is 16.6. The molecule has 0 heterocycles. The van der Waals surface area contributed by atoms with E-state index in [9.17, 15) is 4.79 Å². The fourth-order valence-corrected chi connectivity index (χ4v) is 1.33. The summed E-state index contributed by atoms with van der Waals surface area (Å²) in [4.78, 5) is 15.6. The smallest absolute Gasteiger partial charge is 0.243 e. The molecule has 0 fully saturated rings. The molecule has 6 heteroatoms. The maximum atomic E-state index is 11.6. The van der Waals surface area contributed by atoms with Crippen LogP contribution in [0.15, 0.2) is 4.99 Å². The van der Waals surface area contributed by atoms with Crippen molar-refractivity contribution in [3.05, 3.63) is 0 Å². The molecule has 0 aromatic rings. The minimum Gasteiger partial charge on any atom is -0.370 e. The first kappa shape index (κ1) is 15.9. The van der Waals surface area contributed by atoms with E-state index in [1.54, 1.807) is 0 Å². The zero-order chi connectivity index (χ0) is 13.3. The molecule has 0 aromatic carbocycles. The molecule has 1 amide bonds. The second-order valence-corrected chi connectivity index (χ2v) is 4.49. The number of amides is 1. The fraction of sp³-hybridized carbons (Fsp3) is 0.818. The molecule has 0 unspecified atom stereocenters. The maximum Gasteiger partial charge on any atom is 0.243 e. The van der Waals surface area contributed by atoms with Crippen molar-refractivity contribution in [2.45, 2.75) is 39.2 Å². The van der Waals surface area contributed by atoms with Gasteiger partial charge in [0.05, 0.1) is 6.04 Å². The van der Waals surface area contributed by atoms with E-state index in [4.69, 9.17) is 17.2 Å². The Morgan fingerprint density at radius 2 is 2.00 bits per heavy atom. The molecule has 0 aromatic heterocycles. The van der Waals surface area contributed by atoms with Crippen LogP contribution in [0.3, 0.4) is 0 Å². The van der Waals surface area contributed by atoms with Gasteiger partial charge >= 0.3 is 0 Å². The van der Waals surface area contributed by atoms with Crippen LogP contribution >= 0.6 is 0 Å². The Balaban J connectivity index is 3.93. The number of guanidine groups is 1. The highest BCUT2D eigenvalue weighted by Gasteiger charge is 2.15. The highest BCUT2D eigenvalue weighted by atomic mass is 16.2. The first-order valence-electron chi connectivity index (χ1n) is 6.03. The molecule has 0 aliphatic heterocycles. The molecular formula is C11H25N5O. The monoisotopic (exact) mass is 243 g/mol. The molecule has 100 valence electrons. The van der Waals surface area contributed by atoms with E-state index in [0.29, 0.717) is 25.4 Å². The van der Waals surface area contributed by atoms with Crippen molar-refractivity contribution in [2.75, 3.05) is 13.1 Å². The Bertz CT molecular complexity index is 252. The Hall–Kier alpha value is -1.14. The summed E-state index contributed by atoms with van der Waals surface area (Å²) in [6.45, 7) is 5.23. The third-order valence-electron chi connectivity index (χ3n) is 2.21. The Morgan fingerprint density at radius 1 is 1.35 bits per heavy atom. The van der Waals surface area contributed by atoms with Gasteiger partial charge in [0.1, 0.15) is 0 Å². The molecule has 17 heavy (non-hydrogen) atoms. The van der Waals surface area contributed by atoms with E-state index in [1.165, 1.54) is 0 Å². The number of aliphatic imine (C=N–C) groups is 1. The van der Waals surface area contributed by atoms with Crippen molar-refractivity contribution in [2.24, 2.45) is 28.1 Å². The summed E-state index contributed by atoms with van der Waals surface area (Å²) in [5, 5.41) is 2.49. The van der Waals surface area contributed by atoms with E-state index in [2.05, 4.69) is 10.3 Å². The number of nitrogens with zero attached hydrogens (tertiary/aromatic N) is 1. The highest BCUT2D eigenvalue weighted by molar-refractivity contribution is 5.98. The number of hydrogen-bond acceptors (Lipinski definition) is 4. The van der Waals surface area contributed by atoms with Gasteiger partial charge in [0.25, 0.3) is 0 Å². The molecule has 0 spiro atoms. The van der Waals surface area contributed by atoms with Crippen LogP contribution in [-0.2, 0) is 4.79 Å². The van der Waals surface area contributed by atoms with Crippen molar-refractivity contribution >= 4 is 11.9 Å². The van der Waals surface area contributed by atoms with Crippen molar-refractivity contribution < 1.29 is 4.79 Å². The number of nitrogens with two attached hydrogens (primary N) is 3. The van der Waals surface area contributed by atoms with E-state index in [1.807, 2.05) is 13.8 Å². The Morgan fingerprint density at radius 3 is 2.53 bits per heavy atom. The number of nitrogens with one attached hydrogen (secondary N) is 1. The summed E-state index contributed by atoms with van der Waals surface area (Å²) in [5.74, 6) is 0.225. The first-order valence-corrected chi connectivity index (χ1v) is 6.03. The van der Waals surface area contributed by atoms with Gasteiger partial charge in [-0.1, -0.05) is 13.8 Å². The summed E-state index contributed by atoms with van der Waals surface area (Å²) in [7, 11) is 0. The molecule has 0 radical (unpaired) electrons. The summed E-state index contributed by atoms with van der Waals surface area (Å²) >= 11 is 0. The van der Waals surface area contributed by atoms with Crippen molar-refractivity contribution in [1.82, 2.24) is 5.32 Å². The minimum atomic E-state index is -0.534. The second-order valence-electron chi connectivity index (χ2n) is 4.49. The maximum absolute atomic E-state index is 11.6. The van der Waals surface area contributed by atoms with Gasteiger partial charge in [-0.25, -0.2) is 0 Å². The number of hydrogen-bond donors (Lipinski definition) is 4. The Labute approximate surface area is 103 Å². The van der Waals surface area contributed by atoms with Gasteiger partial charge in [0.15, 0.2) is 5.96 Å². The average molecular weight is 243 g/mol. The zero-order valence-electron chi connectivity index (χ0n) is 10.8. The number of carbonyl (C=O) groups excluding carboxylic acids is 1. The van der Waals surface area contributed by atoms with E-state index >= 15 is 0 Å². The average Bonchev–Trinajstić information content (AvgIpc) is 2.23. The third-order valence-corrected chi connectivity index (χ3v) is 2.21. The first-order chi connectivity index (χ1) is 7.97. The van der Waals surface area contributed by atoms with Gasteiger partial charge in [-0.2, -0.15) is 0 Å². The lowest BCUT2D eigenvalue weighted by atomic mass is 10.0.